The molecule has 32 heavy (non-hydrogen) atoms. The molecule has 4 rings (SSSR count). The van der Waals surface area contributed by atoms with Gasteiger partial charge in [-0.15, -0.1) is 0 Å². The van der Waals surface area contributed by atoms with E-state index in [0.717, 1.165) is 5.56 Å². The highest BCUT2D eigenvalue weighted by molar-refractivity contribution is 5.98. The Kier molecular flexibility index (Phi) is 5.15. The molecule has 2 amide bonds. The fourth-order valence-corrected chi connectivity index (χ4v) is 3.80. The molecule has 3 aromatic rings. The zero-order chi connectivity index (χ0) is 23.4. The second-order valence-electron chi connectivity index (χ2n) is 9.56. The molecule has 168 valence electrons. The Hall–Kier alpha value is -3.49. The van der Waals surface area contributed by atoms with Gasteiger partial charge in [0.2, 0.25) is 5.91 Å². The quantitative estimate of drug-likeness (QED) is 0.677. The van der Waals surface area contributed by atoms with Crippen LogP contribution >= 0.6 is 0 Å². The van der Waals surface area contributed by atoms with Crippen LogP contribution in [0.5, 0.6) is 0 Å². The van der Waals surface area contributed by atoms with Gasteiger partial charge in [0, 0.05) is 23.7 Å². The molecule has 3 aromatic heterocycles. The number of pyridine rings is 1. The molecule has 1 aliphatic heterocycles. The lowest BCUT2D eigenvalue weighted by atomic mass is 9.93. The van der Waals surface area contributed by atoms with E-state index >= 15 is 0 Å². The molecule has 0 saturated carbocycles. The van der Waals surface area contributed by atoms with E-state index in [1.54, 1.807) is 27.8 Å². The van der Waals surface area contributed by atoms with Crippen molar-refractivity contribution < 1.29 is 9.59 Å². The molecule has 0 bridgehead atoms. The van der Waals surface area contributed by atoms with Gasteiger partial charge < -0.3 is 14.8 Å². The van der Waals surface area contributed by atoms with Crippen LogP contribution in [0.2, 0.25) is 0 Å². The third kappa shape index (κ3) is 3.68. The Morgan fingerprint density at radius 3 is 2.53 bits per heavy atom. The monoisotopic (exact) mass is 436 g/mol. The number of amides is 2. The number of hydrogen-bond donors (Lipinski definition) is 1. The first kappa shape index (κ1) is 21.7. The molecule has 0 saturated heterocycles. The van der Waals surface area contributed by atoms with Crippen LogP contribution in [0.1, 0.15) is 61.9 Å². The summed E-state index contributed by atoms with van der Waals surface area (Å²) < 4.78 is 2.92. The number of fused-ring (bicyclic) bond motifs is 2. The van der Waals surface area contributed by atoms with E-state index in [1.807, 2.05) is 47.6 Å². The summed E-state index contributed by atoms with van der Waals surface area (Å²) in [5.74, 6) is -0.175. The molecular weight excluding hydrogens is 408 g/mol. The summed E-state index contributed by atoms with van der Waals surface area (Å²) in [5.41, 5.74) is 2.10. The Bertz CT molecular complexity index is 1280. The first-order valence-corrected chi connectivity index (χ1v) is 10.7. The number of carbonyl (C=O) groups is 2. The Labute approximate surface area is 186 Å². The normalized spacial score (nSPS) is 13.8. The van der Waals surface area contributed by atoms with Crippen molar-refractivity contribution in [3.8, 4) is 0 Å². The van der Waals surface area contributed by atoms with Gasteiger partial charge in [-0.25, -0.2) is 4.98 Å². The summed E-state index contributed by atoms with van der Waals surface area (Å²) in [6.45, 7) is 11.8. The zero-order valence-electron chi connectivity index (χ0n) is 19.3. The van der Waals surface area contributed by atoms with Gasteiger partial charge in [-0.05, 0) is 32.4 Å². The summed E-state index contributed by atoms with van der Waals surface area (Å²) in [6, 6.07) is 5.28. The highest BCUT2D eigenvalue weighted by Crippen LogP contribution is 2.27. The predicted molar refractivity (Wildman–Crippen MR) is 121 cm³/mol. The van der Waals surface area contributed by atoms with Gasteiger partial charge in [0.15, 0.2) is 0 Å². The number of aryl methyl sites for hydroxylation is 1. The smallest absolute Gasteiger partial charge is 0.280 e. The Morgan fingerprint density at radius 1 is 1.22 bits per heavy atom. The van der Waals surface area contributed by atoms with E-state index < -0.39 is 0 Å². The van der Waals surface area contributed by atoms with Crippen molar-refractivity contribution in [2.24, 2.45) is 0 Å². The zero-order valence-corrected chi connectivity index (χ0v) is 19.3. The predicted octanol–water partition coefficient (Wildman–Crippen LogP) is 2.50. The van der Waals surface area contributed by atoms with E-state index in [1.165, 1.54) is 4.52 Å². The summed E-state index contributed by atoms with van der Waals surface area (Å²) in [6.07, 6.45) is 1.67. The van der Waals surface area contributed by atoms with Crippen LogP contribution in [0.3, 0.4) is 0 Å². The minimum absolute atomic E-state index is 0.0780. The molecule has 0 spiro atoms. The number of carbonyl (C=O) groups excluding carboxylic acids is 2. The largest absolute Gasteiger partial charge is 0.330 e. The molecule has 0 fully saturated rings. The van der Waals surface area contributed by atoms with Crippen molar-refractivity contribution in [3.05, 3.63) is 57.3 Å². The lowest BCUT2D eigenvalue weighted by Crippen LogP contribution is -2.32. The molecular formula is C23H28N6O3. The Balaban J connectivity index is 1.84. The van der Waals surface area contributed by atoms with Crippen molar-refractivity contribution in [2.45, 2.75) is 66.1 Å². The SMILES string of the molecule is Cc1ccc(NC(=O)Cn2c3c(c(=O)n4nc(C(C)(C)C)cc24)CN(C(C)C)C3=O)nc1. The molecule has 0 aliphatic carbocycles. The average molecular weight is 437 g/mol. The average Bonchev–Trinajstić information content (AvgIpc) is 3.30. The van der Waals surface area contributed by atoms with Gasteiger partial charge in [0.1, 0.15) is 23.7 Å². The topological polar surface area (TPSA) is 102 Å². The second-order valence-corrected chi connectivity index (χ2v) is 9.56. The summed E-state index contributed by atoms with van der Waals surface area (Å²) in [7, 11) is 0. The molecule has 1 N–H and O–H groups in total. The highest BCUT2D eigenvalue weighted by atomic mass is 16.2. The van der Waals surface area contributed by atoms with Crippen LogP contribution in [0, 0.1) is 6.92 Å². The minimum Gasteiger partial charge on any atom is -0.330 e. The third-order valence-corrected chi connectivity index (χ3v) is 5.64. The molecule has 0 unspecified atom stereocenters. The van der Waals surface area contributed by atoms with Crippen LogP contribution in [0.4, 0.5) is 5.82 Å². The lowest BCUT2D eigenvalue weighted by Gasteiger charge is -2.20. The van der Waals surface area contributed by atoms with Gasteiger partial charge in [0.25, 0.3) is 11.5 Å². The van der Waals surface area contributed by atoms with Crippen LogP contribution in [-0.2, 0) is 23.3 Å². The Morgan fingerprint density at radius 2 is 1.94 bits per heavy atom. The van der Waals surface area contributed by atoms with E-state index in [4.69, 9.17) is 0 Å². The van der Waals surface area contributed by atoms with Crippen molar-refractivity contribution in [3.63, 3.8) is 0 Å². The fraction of sp³-hybridized carbons (Fsp3) is 0.435. The maximum absolute atomic E-state index is 13.2. The van der Waals surface area contributed by atoms with Gasteiger partial charge in [-0.3, -0.25) is 14.4 Å². The van der Waals surface area contributed by atoms with Crippen molar-refractivity contribution in [1.29, 1.82) is 0 Å². The molecule has 9 heteroatoms. The van der Waals surface area contributed by atoms with Gasteiger partial charge >= 0.3 is 0 Å². The summed E-state index contributed by atoms with van der Waals surface area (Å²) >= 11 is 0. The van der Waals surface area contributed by atoms with Crippen LogP contribution in [-0.4, -0.2) is 41.9 Å². The lowest BCUT2D eigenvalue weighted by molar-refractivity contribution is -0.116. The number of nitrogens with one attached hydrogen (secondary N) is 1. The van der Waals surface area contributed by atoms with Crippen molar-refractivity contribution in [2.75, 3.05) is 5.32 Å². The number of anilines is 1. The molecule has 0 radical (unpaired) electrons. The van der Waals surface area contributed by atoms with E-state index in [2.05, 4.69) is 15.4 Å². The molecule has 4 heterocycles. The maximum Gasteiger partial charge on any atom is 0.280 e. The molecule has 0 aromatic carbocycles. The number of hydrogen-bond acceptors (Lipinski definition) is 5. The van der Waals surface area contributed by atoms with Gasteiger partial charge in [-0.2, -0.15) is 9.61 Å². The van der Waals surface area contributed by atoms with E-state index in [0.29, 0.717) is 22.7 Å². The third-order valence-electron chi connectivity index (χ3n) is 5.64. The fourth-order valence-electron chi connectivity index (χ4n) is 3.80. The highest BCUT2D eigenvalue weighted by Gasteiger charge is 2.36. The van der Waals surface area contributed by atoms with E-state index in [-0.39, 0.29) is 47.6 Å². The van der Waals surface area contributed by atoms with Gasteiger partial charge in [0.05, 0.1) is 17.8 Å². The minimum atomic E-state index is -0.344. The second kappa shape index (κ2) is 7.58. The first-order valence-electron chi connectivity index (χ1n) is 10.7. The van der Waals surface area contributed by atoms with Crippen molar-refractivity contribution in [1.82, 2.24) is 24.1 Å². The summed E-state index contributed by atoms with van der Waals surface area (Å²) in [4.78, 5) is 45.2. The first-order chi connectivity index (χ1) is 15.0. The molecule has 0 atom stereocenters. The standard InChI is InChI=1S/C23H28N6O3/c1-13(2)27-11-15-20(22(27)32)28(12-18(30)25-17-8-7-14(3)10-24-17)19-9-16(23(4,5)6)26-29(19)21(15)31/h7-10,13H,11-12H2,1-6H3,(H,24,25,30). The van der Waals surface area contributed by atoms with Crippen LogP contribution in [0.25, 0.3) is 5.65 Å². The van der Waals surface area contributed by atoms with Crippen molar-refractivity contribution >= 4 is 23.3 Å². The van der Waals surface area contributed by atoms with Gasteiger partial charge in [-0.1, -0.05) is 26.8 Å². The number of rotatable bonds is 4. The van der Waals surface area contributed by atoms with Crippen LogP contribution in [0.15, 0.2) is 29.2 Å². The van der Waals surface area contributed by atoms with E-state index in [9.17, 15) is 14.4 Å². The summed E-state index contributed by atoms with van der Waals surface area (Å²) in [5, 5.41) is 7.30. The number of nitrogens with zero attached hydrogens (tertiary/aromatic N) is 5. The van der Waals surface area contributed by atoms with Crippen LogP contribution < -0.4 is 10.9 Å². The molecule has 1 aliphatic rings. The number of aromatic nitrogens is 4. The maximum atomic E-state index is 13.2. The molecule has 9 nitrogen and oxygen atoms in total.